The molecule has 2 saturated carbocycles. The van der Waals surface area contributed by atoms with Gasteiger partial charge in [-0.25, -0.2) is 0 Å². The number of amides is 1. The van der Waals surface area contributed by atoms with E-state index < -0.39 is 0 Å². The van der Waals surface area contributed by atoms with Crippen LogP contribution in [0.1, 0.15) is 43.0 Å². The van der Waals surface area contributed by atoms with Gasteiger partial charge in [0.15, 0.2) is 0 Å². The average Bonchev–Trinajstić information content (AvgIpc) is 3.21. The summed E-state index contributed by atoms with van der Waals surface area (Å²) in [5, 5.41) is 6.47. The van der Waals surface area contributed by atoms with Crippen molar-refractivity contribution >= 4 is 11.6 Å². The molecule has 0 atom stereocenters. The number of carbonyl (C=O) groups excluding carboxylic acids is 1. The van der Waals surface area contributed by atoms with Crippen molar-refractivity contribution in [3.63, 3.8) is 0 Å². The third-order valence-electron chi connectivity index (χ3n) is 3.93. The lowest BCUT2D eigenvalue weighted by Gasteiger charge is -2.36. The van der Waals surface area contributed by atoms with Crippen LogP contribution in [0.5, 0.6) is 0 Å². The number of nitrogens with one attached hydrogen (secondary N) is 2. The number of anilines is 1. The SMILES string of the molecule is CCOC1CC(Nc2ccc(C(=O)NC3CC3)cc2)C1. The molecule has 1 amide bonds. The van der Waals surface area contributed by atoms with E-state index in [2.05, 4.69) is 10.6 Å². The number of hydrogen-bond donors (Lipinski definition) is 2. The van der Waals surface area contributed by atoms with E-state index in [1.54, 1.807) is 0 Å². The molecule has 1 aromatic carbocycles. The van der Waals surface area contributed by atoms with E-state index >= 15 is 0 Å². The van der Waals surface area contributed by atoms with E-state index in [-0.39, 0.29) is 5.91 Å². The Morgan fingerprint density at radius 2 is 1.90 bits per heavy atom. The van der Waals surface area contributed by atoms with Gasteiger partial charge in [-0.2, -0.15) is 0 Å². The molecular formula is C16H22N2O2. The molecule has 0 radical (unpaired) electrons. The Kier molecular flexibility index (Phi) is 3.92. The van der Waals surface area contributed by atoms with Gasteiger partial charge in [-0.1, -0.05) is 0 Å². The van der Waals surface area contributed by atoms with Gasteiger partial charge in [-0.15, -0.1) is 0 Å². The van der Waals surface area contributed by atoms with Gasteiger partial charge < -0.3 is 15.4 Å². The van der Waals surface area contributed by atoms with Gasteiger partial charge in [0.05, 0.1) is 6.10 Å². The second-order valence-electron chi connectivity index (χ2n) is 5.72. The summed E-state index contributed by atoms with van der Waals surface area (Å²) in [4.78, 5) is 11.9. The van der Waals surface area contributed by atoms with Crippen LogP contribution < -0.4 is 10.6 Å². The summed E-state index contributed by atoms with van der Waals surface area (Å²) in [6.45, 7) is 2.83. The highest BCUT2D eigenvalue weighted by molar-refractivity contribution is 5.94. The highest BCUT2D eigenvalue weighted by atomic mass is 16.5. The topological polar surface area (TPSA) is 50.4 Å². The quantitative estimate of drug-likeness (QED) is 0.838. The molecule has 0 unspecified atom stereocenters. The molecule has 2 N–H and O–H groups in total. The third kappa shape index (κ3) is 3.31. The Morgan fingerprint density at radius 1 is 1.20 bits per heavy atom. The molecule has 2 aliphatic carbocycles. The molecule has 0 heterocycles. The van der Waals surface area contributed by atoms with Crippen LogP contribution in [0.4, 0.5) is 5.69 Å². The van der Waals surface area contributed by atoms with E-state index in [0.29, 0.717) is 18.2 Å². The molecule has 20 heavy (non-hydrogen) atoms. The largest absolute Gasteiger partial charge is 0.382 e. The Bertz CT molecular complexity index is 462. The summed E-state index contributed by atoms with van der Waals surface area (Å²) in [5.74, 6) is 0.0408. The van der Waals surface area contributed by atoms with Crippen LogP contribution in [0, 0.1) is 0 Å². The summed E-state index contributed by atoms with van der Waals surface area (Å²) in [5.41, 5.74) is 1.82. The number of benzene rings is 1. The molecule has 3 rings (SSSR count). The van der Waals surface area contributed by atoms with Crippen LogP contribution in [0.25, 0.3) is 0 Å². The van der Waals surface area contributed by atoms with E-state index in [4.69, 9.17) is 4.74 Å². The maximum absolute atomic E-state index is 11.9. The van der Waals surface area contributed by atoms with Crippen molar-refractivity contribution in [2.24, 2.45) is 0 Å². The molecule has 2 fully saturated rings. The molecule has 108 valence electrons. The van der Waals surface area contributed by atoms with Crippen LogP contribution in [-0.4, -0.2) is 30.7 Å². The van der Waals surface area contributed by atoms with Gasteiger partial charge in [0, 0.05) is 29.9 Å². The summed E-state index contributed by atoms with van der Waals surface area (Å²) < 4.78 is 5.55. The van der Waals surface area contributed by atoms with Gasteiger partial charge in [-0.3, -0.25) is 4.79 Å². The zero-order valence-corrected chi connectivity index (χ0v) is 11.9. The third-order valence-corrected chi connectivity index (χ3v) is 3.93. The molecule has 4 nitrogen and oxygen atoms in total. The average molecular weight is 274 g/mol. The van der Waals surface area contributed by atoms with Crippen molar-refractivity contribution in [3.8, 4) is 0 Å². The number of ether oxygens (including phenoxy) is 1. The number of carbonyl (C=O) groups is 1. The Labute approximate surface area is 119 Å². The molecular weight excluding hydrogens is 252 g/mol. The minimum absolute atomic E-state index is 0.0408. The molecule has 4 heteroatoms. The van der Waals surface area contributed by atoms with Crippen molar-refractivity contribution in [1.82, 2.24) is 5.32 Å². The molecule has 0 spiro atoms. The standard InChI is InChI=1S/C16H22N2O2/c1-2-20-15-9-14(10-15)17-12-5-3-11(4-6-12)16(19)18-13-7-8-13/h3-6,13-15,17H,2,7-10H2,1H3,(H,18,19). The van der Waals surface area contributed by atoms with Gasteiger partial charge in [0.25, 0.3) is 5.91 Å². The number of rotatable bonds is 6. The minimum Gasteiger partial charge on any atom is -0.382 e. The zero-order chi connectivity index (χ0) is 13.9. The zero-order valence-electron chi connectivity index (χ0n) is 11.9. The predicted octanol–water partition coefficient (Wildman–Crippen LogP) is 2.56. The fourth-order valence-electron chi connectivity index (χ4n) is 2.51. The fraction of sp³-hybridized carbons (Fsp3) is 0.562. The molecule has 0 bridgehead atoms. The van der Waals surface area contributed by atoms with E-state index in [1.165, 1.54) is 0 Å². The lowest BCUT2D eigenvalue weighted by atomic mass is 9.89. The van der Waals surface area contributed by atoms with Crippen LogP contribution in [0.2, 0.25) is 0 Å². The van der Waals surface area contributed by atoms with Crippen molar-refractivity contribution in [2.45, 2.75) is 50.8 Å². The number of hydrogen-bond acceptors (Lipinski definition) is 3. The van der Waals surface area contributed by atoms with Crippen LogP contribution in [0.15, 0.2) is 24.3 Å². The first-order chi connectivity index (χ1) is 9.74. The summed E-state index contributed by atoms with van der Waals surface area (Å²) in [6.07, 6.45) is 4.79. The van der Waals surface area contributed by atoms with Crippen molar-refractivity contribution < 1.29 is 9.53 Å². The monoisotopic (exact) mass is 274 g/mol. The normalized spacial score (nSPS) is 24.9. The smallest absolute Gasteiger partial charge is 0.251 e. The maximum Gasteiger partial charge on any atom is 0.251 e. The van der Waals surface area contributed by atoms with E-state index in [9.17, 15) is 4.79 Å². The fourth-order valence-corrected chi connectivity index (χ4v) is 2.51. The molecule has 0 aromatic heterocycles. The van der Waals surface area contributed by atoms with Crippen molar-refractivity contribution in [3.05, 3.63) is 29.8 Å². The predicted molar refractivity (Wildman–Crippen MR) is 79.0 cm³/mol. The van der Waals surface area contributed by atoms with E-state index in [0.717, 1.165) is 43.5 Å². The van der Waals surface area contributed by atoms with Gasteiger partial charge >= 0.3 is 0 Å². The lowest BCUT2D eigenvalue weighted by Crippen LogP contribution is -2.40. The van der Waals surface area contributed by atoms with Gasteiger partial charge in [0.1, 0.15) is 0 Å². The molecule has 1 aromatic rings. The molecule has 2 aliphatic rings. The lowest BCUT2D eigenvalue weighted by molar-refractivity contribution is 0.00299. The molecule has 0 saturated heterocycles. The van der Waals surface area contributed by atoms with E-state index in [1.807, 2.05) is 31.2 Å². The summed E-state index contributed by atoms with van der Waals surface area (Å²) in [6, 6.07) is 8.65. The first-order valence-electron chi connectivity index (χ1n) is 7.53. The summed E-state index contributed by atoms with van der Waals surface area (Å²) in [7, 11) is 0. The highest BCUT2D eigenvalue weighted by Crippen LogP contribution is 2.27. The van der Waals surface area contributed by atoms with Crippen molar-refractivity contribution in [1.29, 1.82) is 0 Å². The minimum atomic E-state index is 0.0408. The van der Waals surface area contributed by atoms with Gasteiger partial charge in [-0.05, 0) is 56.9 Å². The first kappa shape index (κ1) is 13.4. The van der Waals surface area contributed by atoms with Crippen LogP contribution >= 0.6 is 0 Å². The van der Waals surface area contributed by atoms with Gasteiger partial charge in [0.2, 0.25) is 0 Å². The Morgan fingerprint density at radius 3 is 2.50 bits per heavy atom. The highest BCUT2D eigenvalue weighted by Gasteiger charge is 2.29. The van der Waals surface area contributed by atoms with Crippen LogP contribution in [0.3, 0.4) is 0 Å². The maximum atomic E-state index is 11.9. The Balaban J connectivity index is 1.47. The molecule has 0 aliphatic heterocycles. The van der Waals surface area contributed by atoms with Crippen molar-refractivity contribution in [2.75, 3.05) is 11.9 Å². The second kappa shape index (κ2) is 5.83. The summed E-state index contributed by atoms with van der Waals surface area (Å²) >= 11 is 0. The van der Waals surface area contributed by atoms with Crippen LogP contribution in [-0.2, 0) is 4.74 Å². The Hall–Kier alpha value is -1.55. The second-order valence-corrected chi connectivity index (χ2v) is 5.72. The first-order valence-corrected chi connectivity index (χ1v) is 7.53.